The molecule has 1 aromatic carbocycles. The highest BCUT2D eigenvalue weighted by atomic mass is 79.9. The van der Waals surface area contributed by atoms with Crippen molar-refractivity contribution in [3.8, 4) is 0 Å². The van der Waals surface area contributed by atoms with E-state index in [0.717, 1.165) is 10.0 Å². The second-order valence-electron chi connectivity index (χ2n) is 6.26. The van der Waals surface area contributed by atoms with Crippen molar-refractivity contribution in [2.24, 2.45) is 7.05 Å². The minimum Gasteiger partial charge on any atom is -0.345 e. The number of carbonyl (C=O) groups is 1. The Labute approximate surface area is 172 Å². The van der Waals surface area contributed by atoms with Crippen LogP contribution >= 0.6 is 15.9 Å². The van der Waals surface area contributed by atoms with Gasteiger partial charge in [0.1, 0.15) is 10.6 Å². The Hall–Kier alpha value is -2.49. The van der Waals surface area contributed by atoms with Crippen LogP contribution in [0.25, 0.3) is 0 Å². The second-order valence-corrected chi connectivity index (χ2v) is 9.22. The van der Waals surface area contributed by atoms with Gasteiger partial charge in [0, 0.05) is 49.4 Å². The number of hydrogen-bond acceptors (Lipinski definition) is 4. The summed E-state index contributed by atoms with van der Waals surface area (Å²) >= 11 is 3.35. The third kappa shape index (κ3) is 4.49. The topological polar surface area (TPSA) is 84.3 Å². The number of halogens is 1. The van der Waals surface area contributed by atoms with Gasteiger partial charge in [-0.2, -0.15) is 4.31 Å². The van der Waals surface area contributed by atoms with Gasteiger partial charge < -0.3 is 9.88 Å². The summed E-state index contributed by atoms with van der Waals surface area (Å²) in [6.07, 6.45) is 4.68. The van der Waals surface area contributed by atoms with Crippen molar-refractivity contribution in [1.82, 2.24) is 13.9 Å². The maximum atomic E-state index is 12.9. The zero-order valence-electron chi connectivity index (χ0n) is 15.3. The van der Waals surface area contributed by atoms with Crippen LogP contribution in [0.15, 0.2) is 70.4 Å². The monoisotopic (exact) mass is 462 g/mol. The molecule has 2 aromatic heterocycles. The molecule has 0 atom stereocenters. The summed E-state index contributed by atoms with van der Waals surface area (Å²) in [4.78, 5) is 16.6. The van der Waals surface area contributed by atoms with E-state index in [-0.39, 0.29) is 17.1 Å². The SMILES string of the molecule is CN(Cc1cccnc1)S(=O)(=O)c1cc(C(=O)Nc2cccc(Br)c2)n(C)c1. The van der Waals surface area contributed by atoms with Crippen molar-refractivity contribution in [3.63, 3.8) is 0 Å². The summed E-state index contributed by atoms with van der Waals surface area (Å²) in [5.74, 6) is -0.392. The average molecular weight is 463 g/mol. The summed E-state index contributed by atoms with van der Waals surface area (Å²) in [6.45, 7) is 0.185. The van der Waals surface area contributed by atoms with Gasteiger partial charge in [-0.05, 0) is 35.9 Å². The molecule has 0 bridgehead atoms. The fourth-order valence-electron chi connectivity index (χ4n) is 2.68. The number of pyridine rings is 1. The lowest BCUT2D eigenvalue weighted by atomic mass is 10.3. The molecule has 0 saturated carbocycles. The second kappa shape index (κ2) is 8.26. The number of amides is 1. The molecule has 0 fully saturated rings. The fourth-order valence-corrected chi connectivity index (χ4v) is 4.31. The number of aryl methyl sites for hydroxylation is 1. The van der Waals surface area contributed by atoms with Crippen LogP contribution in [0.4, 0.5) is 5.69 Å². The third-order valence-corrected chi connectivity index (χ3v) is 6.39. The van der Waals surface area contributed by atoms with E-state index in [2.05, 4.69) is 26.2 Å². The summed E-state index contributed by atoms with van der Waals surface area (Å²) < 4.78 is 29.3. The molecule has 0 aliphatic rings. The van der Waals surface area contributed by atoms with Crippen LogP contribution in [-0.2, 0) is 23.6 Å². The number of benzene rings is 1. The molecule has 2 heterocycles. The van der Waals surface area contributed by atoms with Crippen molar-refractivity contribution in [3.05, 3.63) is 76.8 Å². The van der Waals surface area contributed by atoms with E-state index in [1.807, 2.05) is 6.07 Å². The molecule has 3 rings (SSSR count). The molecule has 9 heteroatoms. The van der Waals surface area contributed by atoms with E-state index in [0.29, 0.717) is 5.69 Å². The molecule has 146 valence electrons. The number of anilines is 1. The lowest BCUT2D eigenvalue weighted by Gasteiger charge is -2.16. The number of hydrogen-bond donors (Lipinski definition) is 1. The molecule has 0 spiro atoms. The van der Waals surface area contributed by atoms with Crippen molar-refractivity contribution in [2.45, 2.75) is 11.4 Å². The summed E-state index contributed by atoms with van der Waals surface area (Å²) in [6, 6.07) is 12.1. The van der Waals surface area contributed by atoms with Crippen LogP contribution in [0.2, 0.25) is 0 Å². The van der Waals surface area contributed by atoms with Gasteiger partial charge in [-0.15, -0.1) is 0 Å². The summed E-state index contributed by atoms with van der Waals surface area (Å²) in [5.41, 5.74) is 1.63. The summed E-state index contributed by atoms with van der Waals surface area (Å²) in [7, 11) is -0.623. The Balaban J connectivity index is 1.81. The molecule has 28 heavy (non-hydrogen) atoms. The lowest BCUT2D eigenvalue weighted by Crippen LogP contribution is -2.26. The first kappa shape index (κ1) is 20.2. The quantitative estimate of drug-likeness (QED) is 0.609. The zero-order valence-corrected chi connectivity index (χ0v) is 17.7. The summed E-state index contributed by atoms with van der Waals surface area (Å²) in [5, 5.41) is 2.77. The van der Waals surface area contributed by atoms with Gasteiger partial charge in [0.25, 0.3) is 5.91 Å². The van der Waals surface area contributed by atoms with Crippen LogP contribution in [-0.4, -0.2) is 35.2 Å². The van der Waals surface area contributed by atoms with Gasteiger partial charge in [-0.25, -0.2) is 8.42 Å². The standard InChI is InChI=1S/C19H19BrN4O3S/c1-23-13-17(28(26,27)24(2)12-14-5-4-8-21-11-14)10-18(23)19(25)22-16-7-3-6-15(20)9-16/h3-11,13H,12H2,1-2H3,(H,22,25). The van der Waals surface area contributed by atoms with Gasteiger partial charge in [0.05, 0.1) is 0 Å². The molecule has 3 aromatic rings. The number of sulfonamides is 1. The molecule has 0 saturated heterocycles. The maximum Gasteiger partial charge on any atom is 0.272 e. The van der Waals surface area contributed by atoms with Crippen LogP contribution in [0.1, 0.15) is 16.1 Å². The highest BCUT2D eigenvalue weighted by Crippen LogP contribution is 2.21. The predicted molar refractivity (Wildman–Crippen MR) is 110 cm³/mol. The number of nitrogens with zero attached hydrogens (tertiary/aromatic N) is 3. The van der Waals surface area contributed by atoms with Crippen LogP contribution in [0.3, 0.4) is 0 Å². The molecule has 0 unspecified atom stereocenters. The first-order valence-corrected chi connectivity index (χ1v) is 10.6. The Kier molecular flexibility index (Phi) is 5.97. The minimum atomic E-state index is -3.75. The first-order valence-electron chi connectivity index (χ1n) is 8.36. The number of rotatable bonds is 6. The fraction of sp³-hybridized carbons (Fsp3) is 0.158. The molecule has 1 N–H and O–H groups in total. The molecular formula is C19H19BrN4O3S. The Morgan fingerprint density at radius 2 is 2.04 bits per heavy atom. The van der Waals surface area contributed by atoms with Gasteiger partial charge >= 0.3 is 0 Å². The van der Waals surface area contributed by atoms with Gasteiger partial charge in [0.15, 0.2) is 0 Å². The lowest BCUT2D eigenvalue weighted by molar-refractivity contribution is 0.101. The number of carbonyl (C=O) groups excluding carboxylic acids is 1. The van der Waals surface area contributed by atoms with E-state index in [9.17, 15) is 13.2 Å². The highest BCUT2D eigenvalue weighted by Gasteiger charge is 2.25. The largest absolute Gasteiger partial charge is 0.345 e. The van der Waals surface area contributed by atoms with Crippen molar-refractivity contribution < 1.29 is 13.2 Å². The Bertz CT molecular complexity index is 1100. The highest BCUT2D eigenvalue weighted by molar-refractivity contribution is 9.10. The molecule has 7 nitrogen and oxygen atoms in total. The van der Waals surface area contributed by atoms with E-state index in [4.69, 9.17) is 0 Å². The third-order valence-electron chi connectivity index (χ3n) is 4.13. The minimum absolute atomic E-state index is 0.0563. The van der Waals surface area contributed by atoms with Crippen molar-refractivity contribution in [2.75, 3.05) is 12.4 Å². The first-order chi connectivity index (χ1) is 13.3. The molecular weight excluding hydrogens is 444 g/mol. The maximum absolute atomic E-state index is 12.9. The molecule has 0 aliphatic carbocycles. The Morgan fingerprint density at radius 1 is 1.25 bits per heavy atom. The van der Waals surface area contributed by atoms with Crippen LogP contribution in [0, 0.1) is 0 Å². The van der Waals surface area contributed by atoms with Crippen LogP contribution < -0.4 is 5.32 Å². The Morgan fingerprint density at radius 3 is 2.71 bits per heavy atom. The van der Waals surface area contributed by atoms with Crippen molar-refractivity contribution in [1.29, 1.82) is 0 Å². The van der Waals surface area contributed by atoms with E-state index in [1.165, 1.54) is 28.2 Å². The number of nitrogens with one attached hydrogen (secondary N) is 1. The van der Waals surface area contributed by atoms with Crippen molar-refractivity contribution >= 4 is 37.5 Å². The van der Waals surface area contributed by atoms with Crippen LogP contribution in [0.5, 0.6) is 0 Å². The van der Waals surface area contributed by atoms with E-state index < -0.39 is 15.9 Å². The predicted octanol–water partition coefficient (Wildman–Crippen LogP) is 3.26. The van der Waals surface area contributed by atoms with E-state index in [1.54, 1.807) is 49.8 Å². The average Bonchev–Trinajstić information content (AvgIpc) is 3.05. The smallest absolute Gasteiger partial charge is 0.272 e. The van der Waals surface area contributed by atoms with E-state index >= 15 is 0 Å². The normalized spacial score (nSPS) is 11.6. The zero-order chi connectivity index (χ0) is 20.3. The molecule has 0 aliphatic heterocycles. The molecule has 1 amide bonds. The van der Waals surface area contributed by atoms with Gasteiger partial charge in [-0.1, -0.05) is 28.1 Å². The molecule has 0 radical (unpaired) electrons. The van der Waals surface area contributed by atoms with Gasteiger partial charge in [0.2, 0.25) is 10.0 Å². The number of aromatic nitrogens is 2. The van der Waals surface area contributed by atoms with Gasteiger partial charge in [-0.3, -0.25) is 9.78 Å².